The van der Waals surface area contributed by atoms with Crippen molar-refractivity contribution in [2.45, 2.75) is 142 Å². The average molecular weight is 504 g/mol. The molecule has 0 bridgehead atoms. The highest BCUT2D eigenvalue weighted by molar-refractivity contribution is 5.65. The Morgan fingerprint density at radius 1 is 0.432 bits per heavy atom. The highest BCUT2D eigenvalue weighted by Gasteiger charge is 2.04. The van der Waals surface area contributed by atoms with E-state index in [1.54, 1.807) is 0 Å². The maximum Gasteiger partial charge on any atom is 0.0455 e. The minimum Gasteiger partial charge on any atom is -0.318 e. The molecule has 0 saturated heterocycles. The number of rotatable bonds is 24. The SMILES string of the molecule is CCCCCCCCCCCCCCCCCCCCCC/C=C/N(c1ccccc1)c1ccccc1. The molecular weight excluding hydrogens is 446 g/mol. The van der Waals surface area contributed by atoms with Crippen LogP contribution in [-0.4, -0.2) is 0 Å². The van der Waals surface area contributed by atoms with Crippen molar-refractivity contribution in [2.75, 3.05) is 4.90 Å². The molecule has 0 radical (unpaired) electrons. The lowest BCUT2D eigenvalue weighted by Gasteiger charge is -2.20. The van der Waals surface area contributed by atoms with Gasteiger partial charge >= 0.3 is 0 Å². The number of anilines is 2. The molecule has 2 rings (SSSR count). The summed E-state index contributed by atoms with van der Waals surface area (Å²) in [5.74, 6) is 0. The second-order valence-electron chi connectivity index (χ2n) is 10.9. The monoisotopic (exact) mass is 503 g/mol. The zero-order chi connectivity index (χ0) is 26.1. The van der Waals surface area contributed by atoms with Crippen LogP contribution in [0.5, 0.6) is 0 Å². The van der Waals surface area contributed by atoms with E-state index in [1.807, 2.05) is 0 Å². The largest absolute Gasteiger partial charge is 0.318 e. The summed E-state index contributed by atoms with van der Waals surface area (Å²) in [7, 11) is 0. The van der Waals surface area contributed by atoms with E-state index >= 15 is 0 Å². The predicted molar refractivity (Wildman–Crippen MR) is 167 cm³/mol. The van der Waals surface area contributed by atoms with E-state index in [0.717, 1.165) is 6.42 Å². The van der Waals surface area contributed by atoms with Crippen LogP contribution in [0.25, 0.3) is 0 Å². The zero-order valence-corrected chi connectivity index (χ0v) is 24.2. The van der Waals surface area contributed by atoms with Gasteiger partial charge in [-0.2, -0.15) is 0 Å². The summed E-state index contributed by atoms with van der Waals surface area (Å²) in [5.41, 5.74) is 2.43. The van der Waals surface area contributed by atoms with Gasteiger partial charge in [-0.15, -0.1) is 0 Å². The van der Waals surface area contributed by atoms with Gasteiger partial charge in [-0.25, -0.2) is 0 Å². The van der Waals surface area contributed by atoms with Gasteiger partial charge in [0.1, 0.15) is 0 Å². The van der Waals surface area contributed by atoms with Crippen LogP contribution in [0.4, 0.5) is 11.4 Å². The summed E-state index contributed by atoms with van der Waals surface area (Å²) in [6.07, 6.45) is 34.5. The topological polar surface area (TPSA) is 3.24 Å². The van der Waals surface area contributed by atoms with Gasteiger partial charge in [-0.1, -0.05) is 171 Å². The van der Waals surface area contributed by atoms with E-state index in [9.17, 15) is 0 Å². The van der Waals surface area contributed by atoms with Crippen LogP contribution in [0.2, 0.25) is 0 Å². The van der Waals surface area contributed by atoms with E-state index in [1.165, 1.54) is 140 Å². The minimum atomic E-state index is 1.16. The normalized spacial score (nSPS) is 11.4. The van der Waals surface area contributed by atoms with Crippen LogP contribution in [0.3, 0.4) is 0 Å². The third kappa shape index (κ3) is 16.4. The van der Waals surface area contributed by atoms with Crippen LogP contribution in [-0.2, 0) is 0 Å². The molecule has 37 heavy (non-hydrogen) atoms. The summed E-state index contributed by atoms with van der Waals surface area (Å²) < 4.78 is 0. The first-order chi connectivity index (χ1) is 18.4. The first kappa shape index (κ1) is 31.2. The maximum absolute atomic E-state index is 2.34. The van der Waals surface area contributed by atoms with Gasteiger partial charge in [0.2, 0.25) is 0 Å². The molecule has 206 valence electrons. The number of para-hydroxylation sites is 2. The van der Waals surface area contributed by atoms with Crippen LogP contribution in [0.15, 0.2) is 72.9 Å². The molecule has 0 N–H and O–H groups in total. The smallest absolute Gasteiger partial charge is 0.0455 e. The number of unbranched alkanes of at least 4 members (excludes halogenated alkanes) is 20. The molecule has 0 aliphatic carbocycles. The van der Waals surface area contributed by atoms with Crippen molar-refractivity contribution in [1.29, 1.82) is 0 Å². The Morgan fingerprint density at radius 3 is 1.11 bits per heavy atom. The summed E-state index contributed by atoms with van der Waals surface area (Å²) in [6, 6.07) is 21.3. The minimum absolute atomic E-state index is 1.16. The molecular formula is C36H57N. The predicted octanol–water partition coefficient (Wildman–Crippen LogP) is 12.6. The maximum atomic E-state index is 2.34. The second-order valence-corrected chi connectivity index (χ2v) is 10.9. The van der Waals surface area contributed by atoms with Crippen LogP contribution < -0.4 is 4.90 Å². The molecule has 1 nitrogen and oxygen atoms in total. The molecule has 0 spiro atoms. The summed E-state index contributed by atoms with van der Waals surface area (Å²) >= 11 is 0. The Balaban J connectivity index is 1.37. The Bertz CT molecular complexity index is 711. The molecule has 0 fully saturated rings. The Morgan fingerprint density at radius 2 is 0.757 bits per heavy atom. The van der Waals surface area contributed by atoms with Crippen molar-refractivity contribution in [1.82, 2.24) is 0 Å². The number of allylic oxidation sites excluding steroid dienone is 1. The molecule has 0 aliphatic heterocycles. The summed E-state index contributed by atoms with van der Waals surface area (Å²) in [4.78, 5) is 2.29. The van der Waals surface area contributed by atoms with Crippen molar-refractivity contribution in [3.05, 3.63) is 72.9 Å². The molecule has 2 aromatic carbocycles. The van der Waals surface area contributed by atoms with Gasteiger partial charge in [-0.05, 0) is 37.1 Å². The fourth-order valence-corrected chi connectivity index (χ4v) is 5.20. The van der Waals surface area contributed by atoms with E-state index in [2.05, 4.69) is 84.8 Å². The molecule has 0 aromatic heterocycles. The second kappa shape index (κ2) is 23.1. The van der Waals surface area contributed by atoms with Gasteiger partial charge < -0.3 is 4.90 Å². The number of benzene rings is 2. The van der Waals surface area contributed by atoms with Crippen molar-refractivity contribution in [3.63, 3.8) is 0 Å². The lowest BCUT2D eigenvalue weighted by atomic mass is 10.0. The van der Waals surface area contributed by atoms with Gasteiger partial charge in [0.15, 0.2) is 0 Å². The zero-order valence-electron chi connectivity index (χ0n) is 24.2. The van der Waals surface area contributed by atoms with Gasteiger partial charge in [0, 0.05) is 17.6 Å². The van der Waals surface area contributed by atoms with Crippen LogP contribution >= 0.6 is 0 Å². The number of hydrogen-bond donors (Lipinski definition) is 0. The highest BCUT2D eigenvalue weighted by atomic mass is 15.1. The molecule has 0 unspecified atom stereocenters. The Hall–Kier alpha value is -2.02. The third-order valence-electron chi connectivity index (χ3n) is 7.55. The summed E-state index contributed by atoms with van der Waals surface area (Å²) in [5, 5.41) is 0. The first-order valence-corrected chi connectivity index (χ1v) is 16.0. The molecule has 0 atom stereocenters. The number of hydrogen-bond acceptors (Lipinski definition) is 1. The van der Waals surface area contributed by atoms with Crippen molar-refractivity contribution >= 4 is 11.4 Å². The van der Waals surface area contributed by atoms with E-state index < -0.39 is 0 Å². The van der Waals surface area contributed by atoms with Gasteiger partial charge in [0.25, 0.3) is 0 Å². The molecule has 0 amide bonds. The van der Waals surface area contributed by atoms with Crippen LogP contribution in [0, 0.1) is 0 Å². The Labute approximate surface area is 230 Å². The van der Waals surface area contributed by atoms with E-state index in [-0.39, 0.29) is 0 Å². The van der Waals surface area contributed by atoms with Crippen molar-refractivity contribution < 1.29 is 0 Å². The third-order valence-corrected chi connectivity index (χ3v) is 7.55. The lowest BCUT2D eigenvalue weighted by Crippen LogP contribution is -2.07. The van der Waals surface area contributed by atoms with Crippen molar-refractivity contribution in [2.24, 2.45) is 0 Å². The standard InChI is InChI=1S/C36H57N/c1-2-3-4-5-6-7-8-9-10-11-12-13-14-15-16-17-18-19-20-21-22-29-34-37(35-30-25-23-26-31-35)36-32-27-24-28-33-36/h23-34H,2-22H2,1H3/b34-29+. The average Bonchev–Trinajstić information content (AvgIpc) is 2.94. The molecule has 0 aliphatic rings. The van der Waals surface area contributed by atoms with Gasteiger partial charge in [0.05, 0.1) is 0 Å². The molecule has 1 heteroatoms. The summed E-state index contributed by atoms with van der Waals surface area (Å²) in [6.45, 7) is 2.30. The highest BCUT2D eigenvalue weighted by Crippen LogP contribution is 2.25. The van der Waals surface area contributed by atoms with Crippen molar-refractivity contribution in [3.8, 4) is 0 Å². The lowest BCUT2D eigenvalue weighted by molar-refractivity contribution is 0.522. The molecule has 2 aromatic rings. The first-order valence-electron chi connectivity index (χ1n) is 16.0. The Kier molecular flexibility index (Phi) is 19.5. The fourth-order valence-electron chi connectivity index (χ4n) is 5.20. The van der Waals surface area contributed by atoms with Gasteiger partial charge in [-0.3, -0.25) is 0 Å². The van der Waals surface area contributed by atoms with E-state index in [0.29, 0.717) is 0 Å². The fraction of sp³-hybridized carbons (Fsp3) is 0.611. The van der Waals surface area contributed by atoms with Crippen LogP contribution in [0.1, 0.15) is 142 Å². The molecule has 0 saturated carbocycles. The van der Waals surface area contributed by atoms with E-state index in [4.69, 9.17) is 0 Å². The number of nitrogens with zero attached hydrogens (tertiary/aromatic N) is 1. The molecule has 0 heterocycles. The quantitative estimate of drug-likeness (QED) is 0.129.